The van der Waals surface area contributed by atoms with Gasteiger partial charge in [-0.2, -0.15) is 0 Å². The number of hydrogen-bond donors (Lipinski definition) is 1. The fourth-order valence-corrected chi connectivity index (χ4v) is 2.34. The molecule has 1 aliphatic rings. The van der Waals surface area contributed by atoms with Crippen molar-refractivity contribution in [1.82, 2.24) is 0 Å². The summed E-state index contributed by atoms with van der Waals surface area (Å²) < 4.78 is 11.2. The number of nitrogens with two attached hydrogens (primary N) is 1. The normalized spacial score (nSPS) is 25.1. The van der Waals surface area contributed by atoms with Gasteiger partial charge in [-0.1, -0.05) is 13.0 Å². The minimum absolute atomic E-state index is 0.0000647. The number of nitrogens with zero attached hydrogens (tertiary/aromatic N) is 1. The molecule has 0 aromatic heterocycles. The Morgan fingerprint density at radius 2 is 2.20 bits per heavy atom. The Morgan fingerprint density at radius 1 is 1.45 bits per heavy atom. The molecular formula is C14H20N2O4. The van der Waals surface area contributed by atoms with Gasteiger partial charge < -0.3 is 15.2 Å². The van der Waals surface area contributed by atoms with Crippen molar-refractivity contribution in [2.75, 3.05) is 6.61 Å². The van der Waals surface area contributed by atoms with Gasteiger partial charge in [-0.05, 0) is 25.0 Å². The quantitative estimate of drug-likeness (QED) is 0.636. The Morgan fingerprint density at radius 3 is 2.75 bits per heavy atom. The third-order valence-electron chi connectivity index (χ3n) is 3.56. The minimum Gasteiger partial charge on any atom is -0.481 e. The Kier molecular flexibility index (Phi) is 4.57. The van der Waals surface area contributed by atoms with Crippen LogP contribution in [-0.2, 0) is 11.2 Å². The molecule has 0 aliphatic heterocycles. The van der Waals surface area contributed by atoms with E-state index in [1.54, 1.807) is 12.1 Å². The Balaban J connectivity index is 2.15. The van der Waals surface area contributed by atoms with Gasteiger partial charge in [0.05, 0.1) is 4.92 Å². The van der Waals surface area contributed by atoms with E-state index in [1.807, 2.05) is 19.9 Å². The molecule has 2 rings (SSSR count). The lowest BCUT2D eigenvalue weighted by atomic mass is 9.86. The number of benzene rings is 1. The predicted molar refractivity (Wildman–Crippen MR) is 74.9 cm³/mol. The summed E-state index contributed by atoms with van der Waals surface area (Å²) in [6, 6.07) is 5.00. The van der Waals surface area contributed by atoms with Crippen molar-refractivity contribution in [2.24, 2.45) is 5.73 Å². The van der Waals surface area contributed by atoms with Gasteiger partial charge >= 0.3 is 5.69 Å². The van der Waals surface area contributed by atoms with Crippen molar-refractivity contribution in [2.45, 2.75) is 44.9 Å². The standard InChI is InChI=1S/C14H20N2O4/c1-3-9-5-6-12(11(7-9)16(17)18)20-13-8-10(15)14(13)19-4-2/h5-7,10,13-14H,3-4,8,15H2,1-2H3. The Labute approximate surface area is 118 Å². The maximum Gasteiger partial charge on any atom is 0.311 e. The molecule has 6 heteroatoms. The zero-order chi connectivity index (χ0) is 14.7. The SMILES string of the molecule is CCOC1C(N)CC1Oc1ccc(CC)cc1[N+](=O)[O-]. The zero-order valence-electron chi connectivity index (χ0n) is 11.7. The number of nitro groups is 1. The highest BCUT2D eigenvalue weighted by Crippen LogP contribution is 2.34. The van der Waals surface area contributed by atoms with Gasteiger partial charge in [-0.3, -0.25) is 10.1 Å². The summed E-state index contributed by atoms with van der Waals surface area (Å²) in [5.74, 6) is 0.286. The fraction of sp³-hybridized carbons (Fsp3) is 0.571. The molecule has 1 saturated carbocycles. The summed E-state index contributed by atoms with van der Waals surface area (Å²) in [4.78, 5) is 10.7. The second kappa shape index (κ2) is 6.19. The van der Waals surface area contributed by atoms with Crippen LogP contribution in [0.5, 0.6) is 5.75 Å². The van der Waals surface area contributed by atoms with Crippen LogP contribution in [0, 0.1) is 10.1 Å². The molecule has 20 heavy (non-hydrogen) atoms. The van der Waals surface area contributed by atoms with Crippen LogP contribution in [0.3, 0.4) is 0 Å². The maximum absolute atomic E-state index is 11.1. The van der Waals surface area contributed by atoms with Crippen molar-refractivity contribution in [3.8, 4) is 5.75 Å². The van der Waals surface area contributed by atoms with Crippen LogP contribution in [0.2, 0.25) is 0 Å². The molecule has 1 fully saturated rings. The molecule has 3 atom stereocenters. The van der Waals surface area contributed by atoms with E-state index in [2.05, 4.69) is 0 Å². The van der Waals surface area contributed by atoms with E-state index >= 15 is 0 Å². The lowest BCUT2D eigenvalue weighted by Crippen LogP contribution is -2.59. The van der Waals surface area contributed by atoms with E-state index in [-0.39, 0.29) is 29.7 Å². The lowest BCUT2D eigenvalue weighted by molar-refractivity contribution is -0.386. The minimum atomic E-state index is -0.414. The van der Waals surface area contributed by atoms with E-state index in [0.717, 1.165) is 12.0 Å². The summed E-state index contributed by atoms with van der Waals surface area (Å²) in [5.41, 5.74) is 6.77. The second-order valence-electron chi connectivity index (χ2n) is 4.89. The summed E-state index contributed by atoms with van der Waals surface area (Å²) in [6.07, 6.45) is 0.996. The summed E-state index contributed by atoms with van der Waals surface area (Å²) in [7, 11) is 0. The number of aryl methyl sites for hydroxylation is 1. The third kappa shape index (κ3) is 2.91. The summed E-state index contributed by atoms with van der Waals surface area (Å²) >= 11 is 0. The average molecular weight is 280 g/mol. The number of nitro benzene ring substituents is 1. The second-order valence-corrected chi connectivity index (χ2v) is 4.89. The summed E-state index contributed by atoms with van der Waals surface area (Å²) in [6.45, 7) is 4.39. The van der Waals surface area contributed by atoms with Crippen molar-refractivity contribution >= 4 is 5.69 Å². The first-order chi connectivity index (χ1) is 9.56. The van der Waals surface area contributed by atoms with Crippen molar-refractivity contribution in [3.05, 3.63) is 33.9 Å². The topological polar surface area (TPSA) is 87.6 Å². The third-order valence-corrected chi connectivity index (χ3v) is 3.56. The maximum atomic E-state index is 11.1. The molecule has 0 radical (unpaired) electrons. The molecule has 1 aromatic carbocycles. The Bertz CT molecular complexity index is 492. The number of ether oxygens (including phenoxy) is 2. The van der Waals surface area contributed by atoms with Gasteiger partial charge in [0.1, 0.15) is 12.2 Å². The van der Waals surface area contributed by atoms with Crippen LogP contribution < -0.4 is 10.5 Å². The number of rotatable bonds is 6. The molecule has 0 bridgehead atoms. The van der Waals surface area contributed by atoms with E-state index in [4.69, 9.17) is 15.2 Å². The summed E-state index contributed by atoms with van der Waals surface area (Å²) in [5, 5.41) is 11.1. The largest absolute Gasteiger partial charge is 0.481 e. The molecule has 1 aliphatic carbocycles. The molecule has 6 nitrogen and oxygen atoms in total. The zero-order valence-corrected chi connectivity index (χ0v) is 11.7. The highest BCUT2D eigenvalue weighted by molar-refractivity contribution is 5.49. The first-order valence-electron chi connectivity index (χ1n) is 6.88. The first kappa shape index (κ1) is 14.7. The Hall–Kier alpha value is -1.66. The van der Waals surface area contributed by atoms with Gasteiger partial charge in [0.15, 0.2) is 5.75 Å². The van der Waals surface area contributed by atoms with Gasteiger partial charge in [0.25, 0.3) is 0 Å². The molecule has 0 saturated heterocycles. The van der Waals surface area contributed by atoms with Gasteiger partial charge in [-0.15, -0.1) is 0 Å². The van der Waals surface area contributed by atoms with Crippen molar-refractivity contribution in [1.29, 1.82) is 0 Å². The van der Waals surface area contributed by atoms with E-state index < -0.39 is 4.92 Å². The van der Waals surface area contributed by atoms with Crippen LogP contribution in [0.1, 0.15) is 25.8 Å². The van der Waals surface area contributed by atoms with E-state index in [9.17, 15) is 10.1 Å². The van der Waals surface area contributed by atoms with Crippen LogP contribution in [0.4, 0.5) is 5.69 Å². The highest BCUT2D eigenvalue weighted by atomic mass is 16.6. The molecule has 3 unspecified atom stereocenters. The molecular weight excluding hydrogens is 260 g/mol. The van der Waals surface area contributed by atoms with Crippen LogP contribution in [0.25, 0.3) is 0 Å². The smallest absolute Gasteiger partial charge is 0.311 e. The molecule has 110 valence electrons. The number of hydrogen-bond acceptors (Lipinski definition) is 5. The predicted octanol–water partition coefficient (Wildman–Crippen LogP) is 2.04. The molecule has 0 heterocycles. The van der Waals surface area contributed by atoms with Gasteiger partial charge in [-0.25, -0.2) is 0 Å². The van der Waals surface area contributed by atoms with Gasteiger partial charge in [0.2, 0.25) is 0 Å². The van der Waals surface area contributed by atoms with Crippen LogP contribution in [0.15, 0.2) is 18.2 Å². The highest BCUT2D eigenvalue weighted by Gasteiger charge is 2.42. The fourth-order valence-electron chi connectivity index (χ4n) is 2.34. The van der Waals surface area contributed by atoms with Crippen LogP contribution in [-0.4, -0.2) is 29.8 Å². The molecule has 1 aromatic rings. The van der Waals surface area contributed by atoms with Crippen molar-refractivity contribution < 1.29 is 14.4 Å². The van der Waals surface area contributed by atoms with Crippen molar-refractivity contribution in [3.63, 3.8) is 0 Å². The first-order valence-corrected chi connectivity index (χ1v) is 6.88. The molecule has 0 spiro atoms. The average Bonchev–Trinajstić information content (AvgIpc) is 2.44. The molecule has 2 N–H and O–H groups in total. The van der Waals surface area contributed by atoms with E-state index in [1.165, 1.54) is 0 Å². The monoisotopic (exact) mass is 280 g/mol. The van der Waals surface area contributed by atoms with Crippen LogP contribution >= 0.6 is 0 Å². The van der Waals surface area contributed by atoms with E-state index in [0.29, 0.717) is 13.0 Å². The van der Waals surface area contributed by atoms with Gasteiger partial charge in [0, 0.05) is 25.1 Å². The molecule has 0 amide bonds. The lowest BCUT2D eigenvalue weighted by Gasteiger charge is -2.41.